The Morgan fingerprint density at radius 1 is 1.38 bits per heavy atom. The van der Waals surface area contributed by atoms with Crippen molar-refractivity contribution >= 4 is 5.71 Å². The predicted octanol–water partition coefficient (Wildman–Crippen LogP) is 4.09. The zero-order valence-electron chi connectivity index (χ0n) is 14.8. The van der Waals surface area contributed by atoms with Gasteiger partial charge in [0.25, 0.3) is 0 Å². The Bertz CT molecular complexity index is 628. The van der Waals surface area contributed by atoms with Crippen LogP contribution in [0.2, 0.25) is 0 Å². The highest BCUT2D eigenvalue weighted by Gasteiger charge is 2.45. The second-order valence-electron chi connectivity index (χ2n) is 7.85. The number of nitrogens with zero attached hydrogens (tertiary/aromatic N) is 4. The Morgan fingerprint density at radius 3 is 2.50 bits per heavy atom. The average molecular weight is 332 g/mol. The SMILES string of the molecule is [C-]#[N+]/N=C(\Cc1ccc(F)nc1)CC1CC(C)(C)N(O)C(C)(C)C1. The lowest BCUT2D eigenvalue weighted by atomic mass is 9.73. The van der Waals surface area contributed by atoms with Crippen molar-refractivity contribution in [2.75, 3.05) is 0 Å². The summed E-state index contributed by atoms with van der Waals surface area (Å²) in [6, 6.07) is 2.99. The number of hydrogen-bond donors (Lipinski definition) is 1. The van der Waals surface area contributed by atoms with Crippen LogP contribution in [0.1, 0.15) is 52.5 Å². The quantitative estimate of drug-likeness (QED) is 0.391. The monoisotopic (exact) mass is 332 g/mol. The van der Waals surface area contributed by atoms with Crippen LogP contribution in [-0.2, 0) is 6.42 Å². The smallest absolute Gasteiger partial charge is 0.212 e. The van der Waals surface area contributed by atoms with Crippen molar-refractivity contribution in [3.8, 4) is 0 Å². The lowest BCUT2D eigenvalue weighted by molar-refractivity contribution is -0.250. The first-order valence-corrected chi connectivity index (χ1v) is 8.16. The molecule has 2 rings (SSSR count). The van der Waals surface area contributed by atoms with Crippen molar-refractivity contribution in [2.45, 2.75) is 64.5 Å². The molecule has 0 unspecified atom stereocenters. The maximum absolute atomic E-state index is 12.9. The normalized spacial score (nSPS) is 21.5. The van der Waals surface area contributed by atoms with E-state index >= 15 is 0 Å². The van der Waals surface area contributed by atoms with Crippen molar-refractivity contribution in [3.05, 3.63) is 41.4 Å². The summed E-state index contributed by atoms with van der Waals surface area (Å²) >= 11 is 0. The van der Waals surface area contributed by atoms with E-state index in [0.717, 1.165) is 24.1 Å². The molecule has 1 N–H and O–H groups in total. The fourth-order valence-electron chi connectivity index (χ4n) is 3.92. The molecule has 1 aromatic rings. The summed E-state index contributed by atoms with van der Waals surface area (Å²) in [4.78, 5) is 6.84. The summed E-state index contributed by atoms with van der Waals surface area (Å²) < 4.78 is 12.9. The number of piperidine rings is 1. The largest absolute Gasteiger partial charge is 0.313 e. The molecule has 0 spiro atoms. The molecule has 0 bridgehead atoms. The van der Waals surface area contributed by atoms with Gasteiger partial charge in [0.05, 0.1) is 5.10 Å². The van der Waals surface area contributed by atoms with Gasteiger partial charge in [-0.05, 0) is 64.5 Å². The zero-order valence-corrected chi connectivity index (χ0v) is 14.8. The molecular formula is C18H25FN4O. The van der Waals surface area contributed by atoms with Crippen LogP contribution in [0.15, 0.2) is 23.4 Å². The summed E-state index contributed by atoms with van der Waals surface area (Å²) in [5.41, 5.74) is 0.971. The summed E-state index contributed by atoms with van der Waals surface area (Å²) in [7, 11) is 0. The van der Waals surface area contributed by atoms with Crippen LogP contribution in [0.4, 0.5) is 4.39 Å². The molecule has 130 valence electrons. The van der Waals surface area contributed by atoms with E-state index in [-0.39, 0.29) is 11.1 Å². The molecule has 6 heteroatoms. The molecule has 1 aromatic heterocycles. The molecule has 5 nitrogen and oxygen atoms in total. The Kier molecular flexibility index (Phi) is 5.36. The van der Waals surface area contributed by atoms with Gasteiger partial charge >= 0.3 is 0 Å². The highest BCUT2D eigenvalue weighted by Crippen LogP contribution is 2.41. The summed E-state index contributed by atoms with van der Waals surface area (Å²) in [5.74, 6) is -0.187. The van der Waals surface area contributed by atoms with E-state index < -0.39 is 5.95 Å². The molecule has 0 saturated carbocycles. The minimum Gasteiger partial charge on any atom is -0.313 e. The third-order valence-electron chi connectivity index (χ3n) is 4.64. The van der Waals surface area contributed by atoms with E-state index in [4.69, 9.17) is 6.57 Å². The maximum atomic E-state index is 12.9. The van der Waals surface area contributed by atoms with Gasteiger partial charge in [0.2, 0.25) is 5.95 Å². The van der Waals surface area contributed by atoms with Crippen LogP contribution in [0, 0.1) is 18.4 Å². The van der Waals surface area contributed by atoms with Crippen molar-refractivity contribution in [2.24, 2.45) is 11.0 Å². The summed E-state index contributed by atoms with van der Waals surface area (Å²) in [5, 5.41) is 15.8. The fraction of sp³-hybridized carbons (Fsp3) is 0.611. The maximum Gasteiger partial charge on any atom is 0.212 e. The van der Waals surface area contributed by atoms with Crippen LogP contribution in [-0.4, -0.2) is 32.0 Å². The van der Waals surface area contributed by atoms with Crippen molar-refractivity contribution < 1.29 is 9.60 Å². The molecule has 2 heterocycles. The summed E-state index contributed by atoms with van der Waals surface area (Å²) in [6.45, 7) is 15.1. The first kappa shape index (κ1) is 18.5. The van der Waals surface area contributed by atoms with Crippen molar-refractivity contribution in [1.82, 2.24) is 10.0 Å². The van der Waals surface area contributed by atoms with Crippen molar-refractivity contribution in [1.29, 1.82) is 0 Å². The standard InChI is InChI=1S/C18H25FN4O/c1-17(2)10-14(11-18(3,4)23(17)24)9-15(22-20-5)8-13-6-7-16(19)21-12-13/h6-7,12,14,24H,8-11H2,1-4H3/b22-15+. The van der Waals surface area contributed by atoms with Gasteiger partial charge in [0, 0.05) is 23.7 Å². The topological polar surface area (TPSA) is 53.1 Å². The number of pyridine rings is 1. The average Bonchev–Trinajstić information content (AvgIpc) is 2.47. The van der Waals surface area contributed by atoms with Gasteiger partial charge in [-0.15, -0.1) is 4.95 Å². The first-order valence-electron chi connectivity index (χ1n) is 8.16. The minimum absolute atomic E-state index is 0.326. The summed E-state index contributed by atoms with van der Waals surface area (Å²) in [6.07, 6.45) is 4.33. The minimum atomic E-state index is -0.513. The van der Waals surface area contributed by atoms with Gasteiger partial charge < -0.3 is 5.21 Å². The highest BCUT2D eigenvalue weighted by molar-refractivity contribution is 5.87. The molecule has 0 aromatic carbocycles. The molecule has 1 aliphatic heterocycles. The van der Waals surface area contributed by atoms with Gasteiger partial charge in [-0.3, -0.25) is 0 Å². The number of hydroxylamine groups is 2. The number of rotatable bonds is 4. The third kappa shape index (κ3) is 4.37. The van der Waals surface area contributed by atoms with Gasteiger partial charge in [-0.2, -0.15) is 16.0 Å². The fourth-order valence-corrected chi connectivity index (χ4v) is 3.92. The third-order valence-corrected chi connectivity index (χ3v) is 4.64. The number of halogens is 1. The van der Waals surface area contributed by atoms with E-state index in [0.29, 0.717) is 18.8 Å². The van der Waals surface area contributed by atoms with Crippen LogP contribution < -0.4 is 0 Å². The molecule has 1 aliphatic rings. The predicted molar refractivity (Wildman–Crippen MR) is 91.1 cm³/mol. The Labute approximate surface area is 143 Å². The molecule has 1 saturated heterocycles. The van der Waals surface area contributed by atoms with Gasteiger partial charge in [-0.1, -0.05) is 6.07 Å². The molecule has 24 heavy (non-hydrogen) atoms. The second kappa shape index (κ2) is 6.96. The molecular weight excluding hydrogens is 307 g/mol. The van der Waals surface area contributed by atoms with Gasteiger partial charge in [0.1, 0.15) is 5.71 Å². The number of aromatic nitrogens is 1. The van der Waals surface area contributed by atoms with Gasteiger partial charge in [0.15, 0.2) is 0 Å². The molecule has 0 amide bonds. The molecule has 0 atom stereocenters. The second-order valence-corrected chi connectivity index (χ2v) is 7.85. The lowest BCUT2D eigenvalue weighted by Crippen LogP contribution is -2.59. The van der Waals surface area contributed by atoms with Crippen LogP contribution in [0.5, 0.6) is 0 Å². The van der Waals surface area contributed by atoms with Gasteiger partial charge in [-0.25, -0.2) is 4.98 Å². The van der Waals surface area contributed by atoms with E-state index in [1.54, 1.807) is 6.07 Å². The van der Waals surface area contributed by atoms with Crippen molar-refractivity contribution in [3.63, 3.8) is 0 Å². The Balaban J connectivity index is 2.12. The lowest BCUT2D eigenvalue weighted by Gasteiger charge is -2.51. The van der Waals surface area contributed by atoms with E-state index in [2.05, 4.69) is 15.0 Å². The highest BCUT2D eigenvalue weighted by atomic mass is 19.1. The van der Waals surface area contributed by atoms with E-state index in [9.17, 15) is 9.60 Å². The zero-order chi connectivity index (χ0) is 18.0. The van der Waals surface area contributed by atoms with E-state index in [1.165, 1.54) is 17.3 Å². The molecule has 0 radical (unpaired) electrons. The van der Waals surface area contributed by atoms with Crippen LogP contribution in [0.25, 0.3) is 4.95 Å². The van der Waals surface area contributed by atoms with E-state index in [1.807, 2.05) is 27.7 Å². The molecule has 1 fully saturated rings. The first-order chi connectivity index (χ1) is 11.1. The Morgan fingerprint density at radius 2 is 2.00 bits per heavy atom. The van der Waals surface area contributed by atoms with Crippen LogP contribution >= 0.6 is 0 Å². The number of hydrogen-bond acceptors (Lipinski definition) is 4. The van der Waals surface area contributed by atoms with Crippen LogP contribution in [0.3, 0.4) is 0 Å². The molecule has 0 aliphatic carbocycles. The Hall–Kier alpha value is -1.84.